The molecule has 0 saturated heterocycles. The molecule has 0 spiro atoms. The van der Waals surface area contributed by atoms with Crippen LogP contribution in [0.3, 0.4) is 0 Å². The molecule has 0 saturated carbocycles. The van der Waals surface area contributed by atoms with Gasteiger partial charge in [0.25, 0.3) is 0 Å². The van der Waals surface area contributed by atoms with Crippen molar-refractivity contribution >= 4 is 6.08 Å². The average Bonchev–Trinajstić information content (AvgIpc) is 2.28. The maximum Gasteiger partial charge on any atom is 0.190 e. The Bertz CT molecular complexity index is 481. The van der Waals surface area contributed by atoms with E-state index in [0.29, 0.717) is 5.57 Å². The molecule has 1 aromatic rings. The highest BCUT2D eigenvalue weighted by atomic mass is 16.5. The molecule has 88 valence electrons. The van der Waals surface area contributed by atoms with Crippen molar-refractivity contribution in [3.05, 3.63) is 65.5 Å². The Morgan fingerprint density at radius 3 is 2.41 bits per heavy atom. The molecule has 3 N–H and O–H groups in total. The van der Waals surface area contributed by atoms with Crippen LogP contribution in [0, 0.1) is 0 Å². The van der Waals surface area contributed by atoms with Gasteiger partial charge in [-0.1, -0.05) is 48.6 Å². The Labute approximate surface area is 99.7 Å². The summed E-state index contributed by atoms with van der Waals surface area (Å²) in [7, 11) is 0. The van der Waals surface area contributed by atoms with E-state index in [-0.39, 0.29) is 12.2 Å². The van der Waals surface area contributed by atoms with Crippen molar-refractivity contribution in [1.29, 1.82) is 0 Å². The van der Waals surface area contributed by atoms with Gasteiger partial charge in [0.1, 0.15) is 5.76 Å². The van der Waals surface area contributed by atoms with Crippen molar-refractivity contribution in [2.24, 2.45) is 0 Å². The topological polar surface area (TPSA) is 60.7 Å². The van der Waals surface area contributed by atoms with Crippen LogP contribution >= 0.6 is 0 Å². The number of allylic oxidation sites excluding steroid dienone is 3. The third kappa shape index (κ3) is 3.06. The Kier molecular flexibility index (Phi) is 3.13. The summed E-state index contributed by atoms with van der Waals surface area (Å²) in [4.78, 5) is 0. The monoisotopic (exact) mass is 230 g/mol. The minimum Gasteiger partial charge on any atom is -0.511 e. The third-order valence-electron chi connectivity index (χ3n) is 2.55. The highest BCUT2D eigenvalue weighted by Gasteiger charge is 2.25. The van der Waals surface area contributed by atoms with Crippen LogP contribution in [0.4, 0.5) is 0 Å². The van der Waals surface area contributed by atoms with E-state index >= 15 is 0 Å². The molecule has 0 amide bonds. The van der Waals surface area contributed by atoms with Gasteiger partial charge in [-0.2, -0.15) is 0 Å². The molecule has 1 aliphatic rings. The molecule has 0 atom stereocenters. The SMILES string of the molecule is OC1=C(C=Cc2ccccc2)C=CC(O)(O)C1. The average molecular weight is 230 g/mol. The Balaban J connectivity index is 2.16. The van der Waals surface area contributed by atoms with E-state index < -0.39 is 5.79 Å². The van der Waals surface area contributed by atoms with Gasteiger partial charge < -0.3 is 15.3 Å². The van der Waals surface area contributed by atoms with Gasteiger partial charge in [-0.05, 0) is 11.6 Å². The maximum atomic E-state index is 9.64. The fourth-order valence-corrected chi connectivity index (χ4v) is 1.63. The Morgan fingerprint density at radius 2 is 1.76 bits per heavy atom. The van der Waals surface area contributed by atoms with E-state index in [0.717, 1.165) is 5.56 Å². The maximum absolute atomic E-state index is 9.64. The van der Waals surface area contributed by atoms with Gasteiger partial charge in [-0.3, -0.25) is 0 Å². The zero-order chi connectivity index (χ0) is 12.3. The predicted molar refractivity (Wildman–Crippen MR) is 66.1 cm³/mol. The first-order chi connectivity index (χ1) is 8.07. The zero-order valence-corrected chi connectivity index (χ0v) is 9.24. The molecule has 0 unspecified atom stereocenters. The summed E-state index contributed by atoms with van der Waals surface area (Å²) in [6.45, 7) is 0. The molecule has 0 bridgehead atoms. The van der Waals surface area contributed by atoms with E-state index in [1.165, 1.54) is 12.2 Å². The number of hydrogen-bond acceptors (Lipinski definition) is 3. The van der Waals surface area contributed by atoms with E-state index in [4.69, 9.17) is 0 Å². The Morgan fingerprint density at radius 1 is 1.06 bits per heavy atom. The van der Waals surface area contributed by atoms with Crippen LogP contribution in [-0.4, -0.2) is 21.1 Å². The first-order valence-corrected chi connectivity index (χ1v) is 5.36. The van der Waals surface area contributed by atoms with Gasteiger partial charge in [0.05, 0.1) is 6.42 Å². The van der Waals surface area contributed by atoms with E-state index in [9.17, 15) is 15.3 Å². The van der Waals surface area contributed by atoms with Gasteiger partial charge >= 0.3 is 0 Å². The first-order valence-electron chi connectivity index (χ1n) is 5.36. The standard InChI is InChI=1S/C14H14O3/c15-13-10-14(16,17)9-8-12(13)7-6-11-4-2-1-3-5-11/h1-9,15-17H,10H2. The summed E-state index contributed by atoms with van der Waals surface area (Å²) in [5.41, 5.74) is 1.61. The molecule has 3 nitrogen and oxygen atoms in total. The predicted octanol–water partition coefficient (Wildman–Crippen LogP) is 2.15. The molecular formula is C14H14O3. The zero-order valence-electron chi connectivity index (χ0n) is 9.24. The van der Waals surface area contributed by atoms with Crippen LogP contribution in [-0.2, 0) is 0 Å². The van der Waals surface area contributed by atoms with Crippen LogP contribution in [0.2, 0.25) is 0 Å². The minimum absolute atomic E-state index is 0.0234. The molecule has 0 radical (unpaired) electrons. The smallest absolute Gasteiger partial charge is 0.190 e. The second kappa shape index (κ2) is 4.57. The molecule has 0 aromatic heterocycles. The van der Waals surface area contributed by atoms with Gasteiger partial charge in [0.15, 0.2) is 5.79 Å². The quantitative estimate of drug-likeness (QED) is 0.682. The minimum atomic E-state index is -1.94. The summed E-state index contributed by atoms with van der Waals surface area (Å²) in [6, 6.07) is 9.68. The van der Waals surface area contributed by atoms with Gasteiger partial charge in [-0.25, -0.2) is 0 Å². The highest BCUT2D eigenvalue weighted by Crippen LogP contribution is 2.24. The molecule has 1 aliphatic carbocycles. The number of aliphatic hydroxyl groups is 3. The van der Waals surface area contributed by atoms with E-state index in [1.807, 2.05) is 36.4 Å². The molecule has 17 heavy (non-hydrogen) atoms. The normalized spacial score (nSPS) is 18.9. The van der Waals surface area contributed by atoms with Crippen LogP contribution in [0.15, 0.2) is 59.9 Å². The van der Waals surface area contributed by atoms with Gasteiger partial charge in [0.2, 0.25) is 0 Å². The first kappa shape index (κ1) is 11.6. The largest absolute Gasteiger partial charge is 0.511 e. The number of benzene rings is 1. The van der Waals surface area contributed by atoms with E-state index in [2.05, 4.69) is 0 Å². The van der Waals surface area contributed by atoms with E-state index in [1.54, 1.807) is 6.08 Å². The number of rotatable bonds is 2. The van der Waals surface area contributed by atoms with Gasteiger partial charge in [-0.15, -0.1) is 0 Å². The molecular weight excluding hydrogens is 216 g/mol. The van der Waals surface area contributed by atoms with Crippen LogP contribution in [0.5, 0.6) is 0 Å². The van der Waals surface area contributed by atoms with Crippen molar-refractivity contribution in [3.63, 3.8) is 0 Å². The lowest BCUT2D eigenvalue weighted by atomic mass is 9.99. The molecule has 0 heterocycles. The summed E-state index contributed by atoms with van der Waals surface area (Å²) in [6.07, 6.45) is 6.18. The molecule has 2 rings (SSSR count). The lowest BCUT2D eigenvalue weighted by molar-refractivity contribution is -0.122. The molecule has 0 fully saturated rings. The van der Waals surface area contributed by atoms with Gasteiger partial charge in [0, 0.05) is 5.57 Å². The highest BCUT2D eigenvalue weighted by molar-refractivity contribution is 5.55. The lowest BCUT2D eigenvalue weighted by Crippen LogP contribution is -2.27. The van der Waals surface area contributed by atoms with Crippen molar-refractivity contribution in [2.45, 2.75) is 12.2 Å². The molecule has 0 aliphatic heterocycles. The number of aliphatic hydroxyl groups excluding tert-OH is 1. The summed E-state index contributed by atoms with van der Waals surface area (Å²) < 4.78 is 0. The second-order valence-corrected chi connectivity index (χ2v) is 4.03. The van der Waals surface area contributed by atoms with Crippen LogP contribution < -0.4 is 0 Å². The lowest BCUT2D eigenvalue weighted by Gasteiger charge is -2.21. The molecule has 3 heteroatoms. The fraction of sp³-hybridized carbons (Fsp3) is 0.143. The van der Waals surface area contributed by atoms with Crippen molar-refractivity contribution in [1.82, 2.24) is 0 Å². The van der Waals surface area contributed by atoms with Crippen molar-refractivity contribution < 1.29 is 15.3 Å². The van der Waals surface area contributed by atoms with Crippen molar-refractivity contribution in [2.75, 3.05) is 0 Å². The number of hydrogen-bond donors (Lipinski definition) is 3. The summed E-state index contributed by atoms with van der Waals surface area (Å²) >= 11 is 0. The van der Waals surface area contributed by atoms with Crippen LogP contribution in [0.25, 0.3) is 6.08 Å². The van der Waals surface area contributed by atoms with Crippen LogP contribution in [0.1, 0.15) is 12.0 Å². The summed E-state index contributed by atoms with van der Waals surface area (Å²) in [5, 5.41) is 28.2. The Hall–Kier alpha value is -1.84. The third-order valence-corrected chi connectivity index (χ3v) is 2.55. The molecule has 1 aromatic carbocycles. The van der Waals surface area contributed by atoms with Crippen molar-refractivity contribution in [3.8, 4) is 0 Å². The summed E-state index contributed by atoms with van der Waals surface area (Å²) in [5.74, 6) is -1.96. The fourth-order valence-electron chi connectivity index (χ4n) is 1.63. The second-order valence-electron chi connectivity index (χ2n) is 4.03.